The van der Waals surface area contributed by atoms with Crippen molar-refractivity contribution in [2.24, 2.45) is 5.10 Å². The van der Waals surface area contributed by atoms with Crippen molar-refractivity contribution < 1.29 is 4.92 Å². The molecule has 2 aromatic heterocycles. The number of nitro benzene ring substituents is 1. The van der Waals surface area contributed by atoms with Gasteiger partial charge in [0.25, 0.3) is 5.69 Å². The molecule has 0 spiro atoms. The molecule has 8 nitrogen and oxygen atoms in total. The zero-order valence-corrected chi connectivity index (χ0v) is 13.5. The van der Waals surface area contributed by atoms with Crippen LogP contribution in [0.1, 0.15) is 5.56 Å². The Balaban J connectivity index is 2.02. The average Bonchev–Trinajstić information content (AvgIpc) is 2.95. The van der Waals surface area contributed by atoms with E-state index >= 15 is 0 Å². The fourth-order valence-corrected chi connectivity index (χ4v) is 2.29. The highest BCUT2D eigenvalue weighted by molar-refractivity contribution is 7.71. The molecular weight excluding hydrogens is 352 g/mol. The number of benzene rings is 1. The van der Waals surface area contributed by atoms with Gasteiger partial charge in [0.05, 0.1) is 11.1 Å². The Labute approximate surface area is 145 Å². The summed E-state index contributed by atoms with van der Waals surface area (Å²) < 4.78 is 1.66. The van der Waals surface area contributed by atoms with Crippen LogP contribution in [0.5, 0.6) is 0 Å². The summed E-state index contributed by atoms with van der Waals surface area (Å²) in [5.74, 6) is 0.464. The fourth-order valence-electron chi connectivity index (χ4n) is 1.94. The highest BCUT2D eigenvalue weighted by Gasteiger charge is 2.10. The van der Waals surface area contributed by atoms with Crippen LogP contribution >= 0.6 is 23.8 Å². The molecule has 0 amide bonds. The molecule has 10 heteroatoms. The lowest BCUT2D eigenvalue weighted by atomic mass is 10.2. The maximum Gasteiger partial charge on any atom is 0.270 e. The average molecular weight is 361 g/mol. The van der Waals surface area contributed by atoms with Gasteiger partial charge in [-0.1, -0.05) is 11.6 Å². The maximum absolute atomic E-state index is 10.9. The van der Waals surface area contributed by atoms with E-state index in [4.69, 9.17) is 23.8 Å². The molecule has 2 heterocycles. The summed E-state index contributed by atoms with van der Waals surface area (Å²) in [6, 6.07) is 7.67. The van der Waals surface area contributed by atoms with E-state index in [0.29, 0.717) is 22.0 Å². The Kier molecular flexibility index (Phi) is 4.45. The molecule has 0 aliphatic carbocycles. The third-order valence-corrected chi connectivity index (χ3v) is 3.68. The summed E-state index contributed by atoms with van der Waals surface area (Å²) in [6.07, 6.45) is 4.65. The number of aromatic nitrogens is 4. The van der Waals surface area contributed by atoms with Crippen LogP contribution in [0.2, 0.25) is 5.02 Å². The smallest absolute Gasteiger partial charge is 0.264 e. The number of non-ortho nitro benzene ring substituents is 1. The van der Waals surface area contributed by atoms with Crippen molar-refractivity contribution in [2.75, 3.05) is 0 Å². The van der Waals surface area contributed by atoms with Gasteiger partial charge in [-0.2, -0.15) is 14.9 Å². The molecule has 1 aromatic carbocycles. The van der Waals surface area contributed by atoms with Crippen molar-refractivity contribution in [3.63, 3.8) is 0 Å². The van der Waals surface area contributed by atoms with E-state index in [-0.39, 0.29) is 10.5 Å². The lowest BCUT2D eigenvalue weighted by Gasteiger charge is -2.01. The number of rotatable bonds is 4. The van der Waals surface area contributed by atoms with Crippen molar-refractivity contribution in [3.8, 4) is 11.4 Å². The van der Waals surface area contributed by atoms with Crippen LogP contribution in [0.25, 0.3) is 11.4 Å². The molecule has 0 atom stereocenters. The van der Waals surface area contributed by atoms with Gasteiger partial charge < -0.3 is 0 Å². The van der Waals surface area contributed by atoms with Crippen LogP contribution in [0.4, 0.5) is 5.69 Å². The Bertz CT molecular complexity index is 982. The lowest BCUT2D eigenvalue weighted by Crippen LogP contribution is -1.96. The predicted octanol–water partition coefficient (Wildman–Crippen LogP) is 3.45. The van der Waals surface area contributed by atoms with Gasteiger partial charge in [0, 0.05) is 40.7 Å². The molecule has 3 aromatic rings. The van der Waals surface area contributed by atoms with Crippen molar-refractivity contribution in [2.45, 2.75) is 0 Å². The highest BCUT2D eigenvalue weighted by atomic mass is 35.5. The van der Waals surface area contributed by atoms with E-state index in [1.165, 1.54) is 29.1 Å². The lowest BCUT2D eigenvalue weighted by molar-refractivity contribution is -0.384. The topological polar surface area (TPSA) is 102 Å². The summed E-state index contributed by atoms with van der Waals surface area (Å²) in [6.45, 7) is 0. The first-order valence-corrected chi connectivity index (χ1v) is 7.41. The van der Waals surface area contributed by atoms with E-state index in [2.05, 4.69) is 20.3 Å². The summed E-state index contributed by atoms with van der Waals surface area (Å²) in [7, 11) is 0. The quantitative estimate of drug-likeness (QED) is 0.332. The molecule has 0 fully saturated rings. The molecule has 0 radical (unpaired) electrons. The molecule has 0 saturated heterocycles. The standard InChI is InChI=1S/C14H9ClN6O2S/c15-12-4-3-11(21(22)23)6-10(12)8-17-20-13(18-19-14(20)24)9-2-1-5-16-7-9/h1-8H,(H,19,24)/b17-8+. The van der Waals surface area contributed by atoms with E-state index in [0.717, 1.165) is 0 Å². The van der Waals surface area contributed by atoms with Crippen molar-refractivity contribution in [1.82, 2.24) is 19.9 Å². The van der Waals surface area contributed by atoms with Crippen LogP contribution in [-0.4, -0.2) is 31.0 Å². The number of nitrogens with one attached hydrogen (secondary N) is 1. The number of pyridine rings is 1. The highest BCUT2D eigenvalue weighted by Crippen LogP contribution is 2.21. The van der Waals surface area contributed by atoms with Gasteiger partial charge in [0.15, 0.2) is 5.82 Å². The summed E-state index contributed by atoms with van der Waals surface area (Å²) in [5.41, 5.74) is 1.03. The van der Waals surface area contributed by atoms with Crippen LogP contribution < -0.4 is 0 Å². The third kappa shape index (κ3) is 3.21. The Hall–Kier alpha value is -2.91. The second kappa shape index (κ2) is 6.69. The molecule has 0 aliphatic heterocycles. The first kappa shape index (κ1) is 16.0. The minimum atomic E-state index is -0.502. The predicted molar refractivity (Wildman–Crippen MR) is 91.7 cm³/mol. The fraction of sp³-hybridized carbons (Fsp3) is 0. The molecule has 1 N–H and O–H groups in total. The minimum absolute atomic E-state index is 0.0795. The SMILES string of the molecule is O=[N+]([O-])c1ccc(Cl)c(/C=N/n2c(-c3cccnc3)n[nH]c2=S)c1. The second-order valence-electron chi connectivity index (χ2n) is 4.61. The van der Waals surface area contributed by atoms with E-state index < -0.39 is 4.92 Å². The number of halogens is 1. The van der Waals surface area contributed by atoms with Gasteiger partial charge >= 0.3 is 0 Å². The molecule has 24 heavy (non-hydrogen) atoms. The van der Waals surface area contributed by atoms with Crippen molar-refractivity contribution >= 4 is 35.7 Å². The Morgan fingerprint density at radius 3 is 2.96 bits per heavy atom. The van der Waals surface area contributed by atoms with Crippen LogP contribution in [0.3, 0.4) is 0 Å². The maximum atomic E-state index is 10.9. The summed E-state index contributed by atoms with van der Waals surface area (Å²) >= 11 is 11.2. The Morgan fingerprint density at radius 2 is 2.25 bits per heavy atom. The van der Waals surface area contributed by atoms with Gasteiger partial charge in [-0.15, -0.1) is 0 Å². The van der Waals surface area contributed by atoms with Gasteiger partial charge in [-0.25, -0.2) is 5.10 Å². The van der Waals surface area contributed by atoms with Crippen LogP contribution in [0, 0.1) is 14.9 Å². The molecule has 120 valence electrons. The second-order valence-corrected chi connectivity index (χ2v) is 5.41. The number of H-pyrrole nitrogens is 1. The first-order chi connectivity index (χ1) is 11.6. The van der Waals surface area contributed by atoms with E-state index in [1.54, 1.807) is 18.5 Å². The van der Waals surface area contributed by atoms with Crippen molar-refractivity contribution in [3.05, 3.63) is 68.2 Å². The zero-order valence-electron chi connectivity index (χ0n) is 12.0. The van der Waals surface area contributed by atoms with Gasteiger partial charge in [0.2, 0.25) is 4.77 Å². The van der Waals surface area contributed by atoms with Gasteiger partial charge in [-0.3, -0.25) is 15.1 Å². The molecule has 0 aliphatic rings. The van der Waals surface area contributed by atoms with Gasteiger partial charge in [-0.05, 0) is 30.4 Å². The van der Waals surface area contributed by atoms with Crippen molar-refractivity contribution in [1.29, 1.82) is 0 Å². The zero-order chi connectivity index (χ0) is 17.1. The number of nitrogens with zero attached hydrogens (tertiary/aromatic N) is 5. The Morgan fingerprint density at radius 1 is 1.42 bits per heavy atom. The third-order valence-electron chi connectivity index (χ3n) is 3.07. The summed E-state index contributed by atoms with van der Waals surface area (Å²) in [4.78, 5) is 14.4. The molecule has 0 saturated carbocycles. The largest absolute Gasteiger partial charge is 0.270 e. The molecule has 3 rings (SSSR count). The first-order valence-electron chi connectivity index (χ1n) is 6.62. The summed E-state index contributed by atoms with van der Waals surface area (Å²) in [5, 5.41) is 22.2. The number of hydrogen-bond donors (Lipinski definition) is 1. The minimum Gasteiger partial charge on any atom is -0.264 e. The normalized spacial score (nSPS) is 11.0. The van der Waals surface area contributed by atoms with Crippen LogP contribution in [0.15, 0.2) is 47.8 Å². The van der Waals surface area contributed by atoms with E-state index in [9.17, 15) is 10.1 Å². The number of aromatic amines is 1. The van der Waals surface area contributed by atoms with Gasteiger partial charge in [0.1, 0.15) is 0 Å². The van der Waals surface area contributed by atoms with Crippen LogP contribution in [-0.2, 0) is 0 Å². The molecular formula is C14H9ClN6O2S. The number of nitro groups is 1. The van der Waals surface area contributed by atoms with E-state index in [1.807, 2.05) is 6.07 Å². The number of hydrogen-bond acceptors (Lipinski definition) is 6. The molecule has 0 unspecified atom stereocenters. The molecule has 0 bridgehead atoms. The monoisotopic (exact) mass is 360 g/mol.